The first-order valence-corrected chi connectivity index (χ1v) is 8.78. The van der Waals surface area contributed by atoms with Crippen molar-refractivity contribution in [1.82, 2.24) is 24.5 Å². The summed E-state index contributed by atoms with van der Waals surface area (Å²) in [5.41, 5.74) is 9.67. The Morgan fingerprint density at radius 2 is 2.12 bits per heavy atom. The summed E-state index contributed by atoms with van der Waals surface area (Å²) in [6.45, 7) is 2.44. The van der Waals surface area contributed by atoms with E-state index in [0.29, 0.717) is 12.2 Å². The minimum atomic E-state index is 0.212. The number of imidazole rings is 1. The van der Waals surface area contributed by atoms with E-state index in [1.54, 1.807) is 12.5 Å². The lowest BCUT2D eigenvalue weighted by Gasteiger charge is -2.16. The number of nitrogens with zero attached hydrogens (tertiary/aromatic N) is 6. The Morgan fingerprint density at radius 3 is 3.00 bits per heavy atom. The van der Waals surface area contributed by atoms with E-state index in [4.69, 9.17) is 10.7 Å². The van der Waals surface area contributed by atoms with Crippen molar-refractivity contribution >= 4 is 28.0 Å². The van der Waals surface area contributed by atoms with Gasteiger partial charge in [0.25, 0.3) is 0 Å². The van der Waals surface area contributed by atoms with Crippen molar-refractivity contribution in [3.05, 3.63) is 54.6 Å². The van der Waals surface area contributed by atoms with Crippen molar-refractivity contribution in [2.45, 2.75) is 19.0 Å². The fourth-order valence-corrected chi connectivity index (χ4v) is 3.51. The van der Waals surface area contributed by atoms with Gasteiger partial charge in [0, 0.05) is 30.7 Å². The van der Waals surface area contributed by atoms with Gasteiger partial charge in [-0.15, -0.1) is 0 Å². The van der Waals surface area contributed by atoms with Crippen molar-refractivity contribution in [2.24, 2.45) is 5.73 Å². The van der Waals surface area contributed by atoms with Crippen LogP contribution in [0.25, 0.3) is 22.2 Å². The number of aromatic nitrogens is 5. The molecule has 0 bridgehead atoms. The van der Waals surface area contributed by atoms with E-state index in [1.165, 1.54) is 5.56 Å². The van der Waals surface area contributed by atoms with Crippen LogP contribution in [0.4, 0.5) is 5.82 Å². The Bertz CT molecular complexity index is 1090. The molecule has 1 atom stereocenters. The molecule has 4 aromatic rings. The Hall–Kier alpha value is -3.06. The molecule has 0 aliphatic carbocycles. The second-order valence-electron chi connectivity index (χ2n) is 6.77. The van der Waals surface area contributed by atoms with E-state index in [9.17, 15) is 0 Å². The van der Waals surface area contributed by atoms with Crippen molar-refractivity contribution in [3.63, 3.8) is 0 Å². The van der Waals surface area contributed by atoms with Gasteiger partial charge in [0.2, 0.25) is 0 Å². The van der Waals surface area contributed by atoms with E-state index in [2.05, 4.69) is 38.1 Å². The highest BCUT2D eigenvalue weighted by Crippen LogP contribution is 2.20. The van der Waals surface area contributed by atoms with E-state index in [0.717, 1.165) is 41.9 Å². The molecule has 2 N–H and O–H groups in total. The number of pyridine rings is 1. The maximum atomic E-state index is 6.02. The quantitative estimate of drug-likeness (QED) is 0.611. The summed E-state index contributed by atoms with van der Waals surface area (Å²) < 4.78 is 2.04. The molecule has 7 nitrogen and oxygen atoms in total. The Kier molecular flexibility index (Phi) is 3.53. The third-order valence-electron chi connectivity index (χ3n) is 4.88. The van der Waals surface area contributed by atoms with Gasteiger partial charge < -0.3 is 15.2 Å². The average Bonchev–Trinajstić information content (AvgIpc) is 3.28. The molecule has 130 valence electrons. The lowest BCUT2D eigenvalue weighted by molar-refractivity contribution is 0.751. The molecular weight excluding hydrogens is 326 g/mol. The minimum Gasteiger partial charge on any atom is -0.354 e. The lowest BCUT2D eigenvalue weighted by Crippen LogP contribution is -2.27. The highest BCUT2D eigenvalue weighted by molar-refractivity contribution is 5.79. The first kappa shape index (κ1) is 15.2. The first-order valence-electron chi connectivity index (χ1n) is 8.78. The first-order chi connectivity index (χ1) is 12.8. The van der Waals surface area contributed by atoms with Crippen LogP contribution >= 0.6 is 0 Å². The van der Waals surface area contributed by atoms with Crippen molar-refractivity contribution < 1.29 is 0 Å². The van der Waals surface area contributed by atoms with Crippen LogP contribution < -0.4 is 10.6 Å². The van der Waals surface area contributed by atoms with Gasteiger partial charge in [-0.2, -0.15) is 0 Å². The van der Waals surface area contributed by atoms with Crippen molar-refractivity contribution in [3.8, 4) is 0 Å². The van der Waals surface area contributed by atoms with Gasteiger partial charge >= 0.3 is 0 Å². The maximum Gasteiger partial charge on any atom is 0.197 e. The standard InChI is InChI=1S/C19H19N7/c20-15-5-7-25(11-15)17-9-22-18-19(24-17)26(12-23-18)10-13-3-4-16-14(8-13)2-1-6-21-16/h1-4,6,8-9,12,15H,5,7,10-11,20H2/t15-/m1/s1. The van der Waals surface area contributed by atoms with Gasteiger partial charge in [0.1, 0.15) is 5.82 Å². The van der Waals surface area contributed by atoms with Crippen LogP contribution in [0.3, 0.4) is 0 Å². The van der Waals surface area contributed by atoms with Gasteiger partial charge in [-0.1, -0.05) is 12.1 Å². The van der Waals surface area contributed by atoms with E-state index in [1.807, 2.05) is 22.9 Å². The zero-order valence-corrected chi connectivity index (χ0v) is 14.3. The molecule has 1 saturated heterocycles. The summed E-state index contributed by atoms with van der Waals surface area (Å²) in [5, 5.41) is 1.13. The Labute approximate surface area is 150 Å². The zero-order chi connectivity index (χ0) is 17.5. The molecule has 0 unspecified atom stereocenters. The van der Waals surface area contributed by atoms with E-state index < -0.39 is 0 Å². The molecule has 1 aliphatic heterocycles. The zero-order valence-electron chi connectivity index (χ0n) is 14.3. The normalized spacial score (nSPS) is 17.4. The molecule has 1 aliphatic rings. The second kappa shape index (κ2) is 6.03. The third-order valence-corrected chi connectivity index (χ3v) is 4.88. The lowest BCUT2D eigenvalue weighted by atomic mass is 10.1. The van der Waals surface area contributed by atoms with Gasteiger partial charge in [-0.3, -0.25) is 4.98 Å². The van der Waals surface area contributed by atoms with Crippen LogP contribution in [0, 0.1) is 0 Å². The van der Waals surface area contributed by atoms with Gasteiger partial charge in [-0.25, -0.2) is 15.0 Å². The van der Waals surface area contributed by atoms with Crippen LogP contribution in [0.1, 0.15) is 12.0 Å². The predicted octanol–water partition coefficient (Wildman–Crippen LogP) is 1.96. The highest BCUT2D eigenvalue weighted by atomic mass is 15.3. The summed E-state index contributed by atoms with van der Waals surface area (Å²) in [6, 6.07) is 10.5. The number of nitrogens with two attached hydrogens (primary N) is 1. The van der Waals surface area contributed by atoms with Crippen molar-refractivity contribution in [2.75, 3.05) is 18.0 Å². The molecule has 1 fully saturated rings. The number of benzene rings is 1. The number of hydrogen-bond donors (Lipinski definition) is 1. The molecule has 0 radical (unpaired) electrons. The van der Waals surface area contributed by atoms with E-state index in [-0.39, 0.29) is 6.04 Å². The Balaban J connectivity index is 1.49. The molecule has 1 aromatic carbocycles. The number of anilines is 1. The van der Waals surface area contributed by atoms with Gasteiger partial charge in [0.05, 0.1) is 24.6 Å². The smallest absolute Gasteiger partial charge is 0.197 e. The van der Waals surface area contributed by atoms with Crippen LogP contribution in [-0.4, -0.2) is 43.6 Å². The topological polar surface area (TPSA) is 85.8 Å². The number of fused-ring (bicyclic) bond motifs is 2. The Morgan fingerprint density at radius 1 is 1.15 bits per heavy atom. The molecule has 5 rings (SSSR count). The third kappa shape index (κ3) is 2.66. The van der Waals surface area contributed by atoms with Crippen LogP contribution in [0.2, 0.25) is 0 Å². The maximum absolute atomic E-state index is 6.02. The second-order valence-corrected chi connectivity index (χ2v) is 6.77. The molecule has 4 heterocycles. The summed E-state index contributed by atoms with van der Waals surface area (Å²) in [5.74, 6) is 0.870. The number of hydrogen-bond acceptors (Lipinski definition) is 6. The van der Waals surface area contributed by atoms with E-state index >= 15 is 0 Å². The molecule has 7 heteroatoms. The molecular formula is C19H19N7. The molecule has 0 amide bonds. The SMILES string of the molecule is N[C@@H]1CCN(c2cnc3ncn(Cc4ccc5ncccc5c4)c3n2)C1. The van der Waals surface area contributed by atoms with Crippen LogP contribution in [-0.2, 0) is 6.54 Å². The molecule has 3 aromatic heterocycles. The van der Waals surface area contributed by atoms with Gasteiger partial charge in [-0.05, 0) is 30.2 Å². The minimum absolute atomic E-state index is 0.212. The summed E-state index contributed by atoms with van der Waals surface area (Å²) in [6.07, 6.45) is 6.40. The summed E-state index contributed by atoms with van der Waals surface area (Å²) in [4.78, 5) is 20.2. The van der Waals surface area contributed by atoms with Crippen LogP contribution in [0.15, 0.2) is 49.1 Å². The number of rotatable bonds is 3. The molecule has 0 saturated carbocycles. The fourth-order valence-electron chi connectivity index (χ4n) is 3.51. The predicted molar refractivity (Wildman–Crippen MR) is 101 cm³/mol. The average molecular weight is 345 g/mol. The summed E-state index contributed by atoms with van der Waals surface area (Å²) >= 11 is 0. The molecule has 26 heavy (non-hydrogen) atoms. The van der Waals surface area contributed by atoms with Gasteiger partial charge in [0.15, 0.2) is 11.3 Å². The highest BCUT2D eigenvalue weighted by Gasteiger charge is 2.21. The van der Waals surface area contributed by atoms with Crippen molar-refractivity contribution in [1.29, 1.82) is 0 Å². The molecule has 0 spiro atoms. The summed E-state index contributed by atoms with van der Waals surface area (Å²) in [7, 11) is 0. The van der Waals surface area contributed by atoms with Crippen LogP contribution in [0.5, 0.6) is 0 Å². The fraction of sp³-hybridized carbons (Fsp3) is 0.263. The largest absolute Gasteiger partial charge is 0.354 e. The monoisotopic (exact) mass is 345 g/mol.